The minimum atomic E-state index is -2.26. The van der Waals surface area contributed by atoms with Crippen LogP contribution >= 0.6 is 0 Å². The van der Waals surface area contributed by atoms with Crippen LogP contribution in [0, 0.1) is 10.8 Å². The van der Waals surface area contributed by atoms with Gasteiger partial charge in [-0.3, -0.25) is 14.4 Å². The number of hydrogen-bond acceptors (Lipinski definition) is 4. The number of ketones is 1. The van der Waals surface area contributed by atoms with E-state index in [1.165, 1.54) is 0 Å². The molecule has 6 nitrogen and oxygen atoms in total. The molecule has 0 amide bonds. The summed E-state index contributed by atoms with van der Waals surface area (Å²) in [5, 5.41) is 31.8. The summed E-state index contributed by atoms with van der Waals surface area (Å²) < 4.78 is 0. The first-order chi connectivity index (χ1) is 15.3. The van der Waals surface area contributed by atoms with Crippen molar-refractivity contribution in [1.82, 2.24) is 0 Å². The average Bonchev–Trinajstić information content (AvgIpc) is 2.79. The summed E-state index contributed by atoms with van der Waals surface area (Å²) in [5.41, 5.74) is -2.57. The molecule has 3 unspecified atom stereocenters. The van der Waals surface area contributed by atoms with Crippen LogP contribution in [0.4, 0.5) is 0 Å². The van der Waals surface area contributed by atoms with Gasteiger partial charge < -0.3 is 15.3 Å². The summed E-state index contributed by atoms with van der Waals surface area (Å²) in [5.74, 6) is -3.80. The molecule has 0 radical (unpaired) electrons. The molecule has 32 heavy (non-hydrogen) atoms. The Balaban J connectivity index is 2.16. The molecule has 0 aromatic heterocycles. The van der Waals surface area contributed by atoms with Gasteiger partial charge in [-0.15, -0.1) is 6.58 Å². The minimum absolute atomic E-state index is 0.0380. The zero-order valence-electron chi connectivity index (χ0n) is 17.9. The Hall–Kier alpha value is -3.25. The predicted molar refractivity (Wildman–Crippen MR) is 119 cm³/mol. The molecule has 0 bridgehead atoms. The SMILES string of the molecule is C=CCc1ccccc1C(O)C(=O)C1(C(=O)O)CCCCC1(Cc1ccccc1)C(=O)O. The Bertz CT molecular complexity index is 1010. The van der Waals surface area contributed by atoms with E-state index < -0.39 is 34.7 Å². The van der Waals surface area contributed by atoms with Gasteiger partial charge >= 0.3 is 11.9 Å². The fourth-order valence-corrected chi connectivity index (χ4v) is 5.11. The highest BCUT2D eigenvalue weighted by molar-refractivity contribution is 6.10. The highest BCUT2D eigenvalue weighted by atomic mass is 16.4. The standard InChI is InChI=1S/C26H28O6/c1-2-10-19-13-6-7-14-20(19)21(27)22(28)26(24(31)32)16-9-8-15-25(26,23(29)30)17-18-11-4-3-5-12-18/h2-7,11-14,21,27H,1,8-10,15-17H2,(H,29,30)(H,31,32). The summed E-state index contributed by atoms with van der Waals surface area (Å²) in [4.78, 5) is 39.3. The molecule has 0 heterocycles. The molecule has 1 aliphatic carbocycles. The minimum Gasteiger partial charge on any atom is -0.481 e. The molecule has 1 fully saturated rings. The van der Waals surface area contributed by atoms with Crippen LogP contribution < -0.4 is 0 Å². The maximum atomic E-state index is 13.8. The van der Waals surface area contributed by atoms with Crippen molar-refractivity contribution >= 4 is 17.7 Å². The second-order valence-corrected chi connectivity index (χ2v) is 8.43. The third kappa shape index (κ3) is 3.86. The second-order valence-electron chi connectivity index (χ2n) is 8.43. The molecule has 2 aromatic rings. The number of rotatable bonds is 9. The highest BCUT2D eigenvalue weighted by Gasteiger charge is 2.67. The predicted octanol–water partition coefficient (Wildman–Crippen LogP) is 3.98. The van der Waals surface area contributed by atoms with Gasteiger partial charge in [-0.25, -0.2) is 0 Å². The lowest BCUT2D eigenvalue weighted by Crippen LogP contribution is -2.61. The van der Waals surface area contributed by atoms with Gasteiger partial charge in [-0.1, -0.05) is 73.5 Å². The van der Waals surface area contributed by atoms with Crippen molar-refractivity contribution in [2.45, 2.75) is 44.6 Å². The van der Waals surface area contributed by atoms with Crippen LogP contribution in [0.15, 0.2) is 67.3 Å². The monoisotopic (exact) mass is 436 g/mol. The summed E-state index contributed by atoms with van der Waals surface area (Å²) in [6, 6.07) is 15.4. The molecule has 0 spiro atoms. The number of aliphatic hydroxyl groups excluding tert-OH is 1. The molecular weight excluding hydrogens is 408 g/mol. The first-order valence-corrected chi connectivity index (χ1v) is 10.7. The Labute approximate surface area is 187 Å². The van der Waals surface area contributed by atoms with Crippen LogP contribution in [-0.2, 0) is 27.2 Å². The van der Waals surface area contributed by atoms with Crippen LogP contribution in [-0.4, -0.2) is 33.0 Å². The van der Waals surface area contributed by atoms with E-state index in [0.717, 1.165) is 0 Å². The second kappa shape index (κ2) is 9.49. The fourth-order valence-electron chi connectivity index (χ4n) is 5.11. The molecule has 6 heteroatoms. The Morgan fingerprint density at radius 2 is 1.56 bits per heavy atom. The zero-order valence-corrected chi connectivity index (χ0v) is 17.9. The van der Waals surface area contributed by atoms with E-state index in [1.54, 1.807) is 60.7 Å². The van der Waals surface area contributed by atoms with E-state index in [2.05, 4.69) is 6.58 Å². The zero-order chi connectivity index (χ0) is 23.4. The van der Waals surface area contributed by atoms with Gasteiger partial charge in [0.25, 0.3) is 0 Å². The van der Waals surface area contributed by atoms with Crippen molar-refractivity contribution in [3.63, 3.8) is 0 Å². The average molecular weight is 437 g/mol. The Kier molecular flexibility index (Phi) is 6.94. The van der Waals surface area contributed by atoms with Gasteiger partial charge in [0.1, 0.15) is 11.5 Å². The lowest BCUT2D eigenvalue weighted by atomic mass is 9.51. The number of hydrogen-bond donors (Lipinski definition) is 3. The van der Waals surface area contributed by atoms with Gasteiger partial charge in [-0.2, -0.15) is 0 Å². The molecule has 3 rings (SSSR count). The van der Waals surface area contributed by atoms with Crippen molar-refractivity contribution in [2.75, 3.05) is 0 Å². The van der Waals surface area contributed by atoms with Crippen LogP contribution in [0.3, 0.4) is 0 Å². The van der Waals surface area contributed by atoms with E-state index in [1.807, 2.05) is 0 Å². The molecule has 1 saturated carbocycles. The number of carboxylic acids is 2. The van der Waals surface area contributed by atoms with Crippen LogP contribution in [0.2, 0.25) is 0 Å². The largest absolute Gasteiger partial charge is 0.481 e. The maximum Gasteiger partial charge on any atom is 0.318 e. The molecular formula is C26H28O6. The van der Waals surface area contributed by atoms with E-state index in [9.17, 15) is 29.7 Å². The molecule has 0 aliphatic heterocycles. The van der Waals surface area contributed by atoms with E-state index >= 15 is 0 Å². The third-order valence-corrected chi connectivity index (χ3v) is 6.73. The number of Topliss-reactive ketones (excluding diaryl/α,β-unsaturated/α-hetero) is 1. The van der Waals surface area contributed by atoms with E-state index in [0.29, 0.717) is 30.4 Å². The smallest absolute Gasteiger partial charge is 0.318 e. The number of aliphatic hydroxyl groups is 1. The van der Waals surface area contributed by atoms with E-state index in [4.69, 9.17) is 0 Å². The number of carbonyl (C=O) groups excluding carboxylic acids is 1. The fraction of sp³-hybridized carbons (Fsp3) is 0.346. The maximum absolute atomic E-state index is 13.8. The van der Waals surface area contributed by atoms with Gasteiger partial charge in [0.05, 0.1) is 5.41 Å². The number of benzene rings is 2. The lowest BCUT2D eigenvalue weighted by molar-refractivity contribution is -0.186. The quantitative estimate of drug-likeness (QED) is 0.405. The number of allylic oxidation sites excluding steroid dienone is 1. The number of carbonyl (C=O) groups is 3. The van der Waals surface area contributed by atoms with Gasteiger partial charge in [-0.05, 0) is 42.4 Å². The summed E-state index contributed by atoms with van der Waals surface area (Å²) in [7, 11) is 0. The highest BCUT2D eigenvalue weighted by Crippen LogP contribution is 2.55. The summed E-state index contributed by atoms with van der Waals surface area (Å²) >= 11 is 0. The first-order valence-electron chi connectivity index (χ1n) is 10.7. The Morgan fingerprint density at radius 3 is 2.19 bits per heavy atom. The van der Waals surface area contributed by atoms with Gasteiger partial charge in [0.2, 0.25) is 0 Å². The van der Waals surface area contributed by atoms with Crippen molar-refractivity contribution in [2.24, 2.45) is 10.8 Å². The van der Waals surface area contributed by atoms with Crippen molar-refractivity contribution in [3.05, 3.63) is 83.9 Å². The molecule has 0 saturated heterocycles. The van der Waals surface area contributed by atoms with Gasteiger partial charge in [0.15, 0.2) is 5.78 Å². The number of aliphatic carboxylic acids is 2. The van der Waals surface area contributed by atoms with Crippen molar-refractivity contribution < 1.29 is 29.7 Å². The van der Waals surface area contributed by atoms with Crippen molar-refractivity contribution in [3.8, 4) is 0 Å². The molecule has 168 valence electrons. The van der Waals surface area contributed by atoms with Crippen molar-refractivity contribution in [1.29, 1.82) is 0 Å². The van der Waals surface area contributed by atoms with Crippen LogP contribution in [0.5, 0.6) is 0 Å². The molecule has 3 atom stereocenters. The molecule has 3 N–H and O–H groups in total. The van der Waals surface area contributed by atoms with Crippen LogP contribution in [0.1, 0.15) is 48.5 Å². The first kappa shape index (κ1) is 23.4. The topological polar surface area (TPSA) is 112 Å². The third-order valence-electron chi connectivity index (χ3n) is 6.73. The van der Waals surface area contributed by atoms with E-state index in [-0.39, 0.29) is 24.8 Å². The summed E-state index contributed by atoms with van der Waals surface area (Å²) in [6.45, 7) is 3.69. The lowest BCUT2D eigenvalue weighted by Gasteiger charge is -2.48. The molecule has 2 aromatic carbocycles. The normalized spacial score (nSPS) is 23.8. The molecule has 1 aliphatic rings. The number of carboxylic acid groups (broad SMARTS) is 2. The van der Waals surface area contributed by atoms with Gasteiger partial charge in [0, 0.05) is 0 Å². The van der Waals surface area contributed by atoms with Crippen LogP contribution in [0.25, 0.3) is 0 Å². The summed E-state index contributed by atoms with van der Waals surface area (Å²) in [6.07, 6.45) is 0.928. The Morgan fingerprint density at radius 1 is 0.938 bits per heavy atom.